The highest BCUT2D eigenvalue weighted by Gasteiger charge is 2.28. The Morgan fingerprint density at radius 1 is 1.43 bits per heavy atom. The minimum Gasteiger partial charge on any atom is -0.395 e. The zero-order valence-corrected chi connectivity index (χ0v) is 14.3. The normalized spacial score (nSPS) is 17.0. The van der Waals surface area contributed by atoms with Crippen molar-refractivity contribution in [3.8, 4) is 0 Å². The lowest BCUT2D eigenvalue weighted by molar-refractivity contribution is 0.0539. The molecule has 1 N–H and O–H groups in total. The van der Waals surface area contributed by atoms with E-state index in [4.69, 9.17) is 0 Å². The van der Waals surface area contributed by atoms with E-state index >= 15 is 0 Å². The number of likely N-dealkylation sites (tertiary alicyclic amines) is 1. The molecule has 1 heterocycles. The predicted molar refractivity (Wildman–Crippen MR) is 87.5 cm³/mol. The number of rotatable bonds is 4. The van der Waals surface area contributed by atoms with Crippen LogP contribution in [0.3, 0.4) is 0 Å². The summed E-state index contributed by atoms with van der Waals surface area (Å²) in [6.07, 6.45) is 1.93. The molecule has 1 amide bonds. The van der Waals surface area contributed by atoms with E-state index in [1.54, 1.807) is 0 Å². The van der Waals surface area contributed by atoms with Gasteiger partial charge in [-0.2, -0.15) is 0 Å². The van der Waals surface area contributed by atoms with E-state index in [1.807, 2.05) is 30.0 Å². The van der Waals surface area contributed by atoms with Crippen molar-refractivity contribution < 1.29 is 9.90 Å². The van der Waals surface area contributed by atoms with Gasteiger partial charge >= 0.3 is 0 Å². The molecule has 1 aliphatic heterocycles. The molecule has 1 aliphatic rings. The number of halogens is 1. The maximum atomic E-state index is 12.8. The maximum Gasteiger partial charge on any atom is 0.255 e. The number of amides is 1. The summed E-state index contributed by atoms with van der Waals surface area (Å²) < 4.78 is 0.823. The smallest absolute Gasteiger partial charge is 0.255 e. The lowest BCUT2D eigenvalue weighted by Gasteiger charge is -2.37. The van der Waals surface area contributed by atoms with Gasteiger partial charge < -0.3 is 14.9 Å². The molecule has 0 radical (unpaired) electrons. The topological polar surface area (TPSA) is 43.8 Å². The summed E-state index contributed by atoms with van der Waals surface area (Å²) in [5, 5.41) is 9.31. The average Bonchev–Trinajstić information content (AvgIpc) is 2.45. The summed E-state index contributed by atoms with van der Waals surface area (Å²) in [7, 11) is 2.10. The number of carbonyl (C=O) groups is 1. The fraction of sp³-hybridized carbons (Fsp3) is 0.562. The van der Waals surface area contributed by atoms with Crippen LogP contribution in [-0.2, 0) is 0 Å². The molecule has 1 fully saturated rings. The van der Waals surface area contributed by atoms with Crippen LogP contribution in [0.15, 0.2) is 22.7 Å². The second-order valence-corrected chi connectivity index (χ2v) is 6.59. The van der Waals surface area contributed by atoms with Crippen LogP contribution < -0.4 is 0 Å². The van der Waals surface area contributed by atoms with Crippen molar-refractivity contribution in [1.82, 2.24) is 9.80 Å². The Bertz CT molecular complexity index is 499. The number of aliphatic hydroxyl groups excluding tert-OH is 1. The quantitative estimate of drug-likeness (QED) is 0.901. The van der Waals surface area contributed by atoms with E-state index in [2.05, 4.69) is 27.9 Å². The lowest BCUT2D eigenvalue weighted by Crippen LogP contribution is -2.47. The van der Waals surface area contributed by atoms with Crippen LogP contribution in [0, 0.1) is 6.92 Å². The number of aliphatic hydroxyl groups is 1. The lowest BCUT2D eigenvalue weighted by atomic mass is 10.0. The first-order valence-corrected chi connectivity index (χ1v) is 8.18. The van der Waals surface area contributed by atoms with E-state index in [9.17, 15) is 9.90 Å². The first-order chi connectivity index (χ1) is 10.0. The number of nitrogens with zero attached hydrogens (tertiary/aromatic N) is 2. The number of benzene rings is 1. The van der Waals surface area contributed by atoms with Gasteiger partial charge in [0, 0.05) is 17.1 Å². The molecule has 0 unspecified atom stereocenters. The van der Waals surface area contributed by atoms with Gasteiger partial charge in [-0.25, -0.2) is 0 Å². The highest BCUT2D eigenvalue weighted by Crippen LogP contribution is 2.23. The number of hydrogen-bond donors (Lipinski definition) is 1. The monoisotopic (exact) mass is 354 g/mol. The molecule has 2 rings (SSSR count). The van der Waals surface area contributed by atoms with Gasteiger partial charge in [0.25, 0.3) is 5.91 Å². The van der Waals surface area contributed by atoms with Crippen molar-refractivity contribution in [3.05, 3.63) is 33.8 Å². The van der Waals surface area contributed by atoms with Crippen LogP contribution in [-0.4, -0.2) is 60.1 Å². The van der Waals surface area contributed by atoms with Crippen molar-refractivity contribution in [2.75, 3.05) is 33.3 Å². The van der Waals surface area contributed by atoms with E-state index < -0.39 is 0 Å². The molecule has 1 aromatic carbocycles. The van der Waals surface area contributed by atoms with Gasteiger partial charge in [0.2, 0.25) is 0 Å². The van der Waals surface area contributed by atoms with Crippen molar-refractivity contribution in [2.24, 2.45) is 0 Å². The van der Waals surface area contributed by atoms with E-state index in [0.717, 1.165) is 36.0 Å². The summed E-state index contributed by atoms with van der Waals surface area (Å²) in [5.41, 5.74) is 1.79. The molecule has 5 heteroatoms. The van der Waals surface area contributed by atoms with Gasteiger partial charge in [-0.05, 0) is 73.5 Å². The third-order valence-corrected chi connectivity index (χ3v) is 4.74. The maximum absolute atomic E-state index is 12.8. The predicted octanol–water partition coefficient (Wildman–Crippen LogP) is 2.29. The Morgan fingerprint density at radius 2 is 2.10 bits per heavy atom. The first kappa shape index (κ1) is 16.5. The third kappa shape index (κ3) is 4.05. The van der Waals surface area contributed by atoms with Crippen LogP contribution in [0.2, 0.25) is 0 Å². The summed E-state index contributed by atoms with van der Waals surface area (Å²) in [4.78, 5) is 16.9. The molecule has 0 spiro atoms. The Kier molecular flexibility index (Phi) is 5.79. The van der Waals surface area contributed by atoms with Gasteiger partial charge in [0.15, 0.2) is 0 Å². The zero-order chi connectivity index (χ0) is 15.4. The molecule has 0 aromatic heterocycles. The highest BCUT2D eigenvalue weighted by atomic mass is 79.9. The molecule has 21 heavy (non-hydrogen) atoms. The molecular formula is C16H23BrN2O2. The molecule has 1 saturated heterocycles. The third-order valence-electron chi connectivity index (χ3n) is 4.09. The van der Waals surface area contributed by atoms with Crippen molar-refractivity contribution in [2.45, 2.75) is 25.8 Å². The fourth-order valence-corrected chi connectivity index (χ4v) is 3.48. The van der Waals surface area contributed by atoms with Crippen LogP contribution in [0.4, 0.5) is 0 Å². The Morgan fingerprint density at radius 3 is 2.67 bits per heavy atom. The molecule has 0 aliphatic carbocycles. The van der Waals surface area contributed by atoms with E-state index in [1.165, 1.54) is 0 Å². The minimum atomic E-state index is 0.00155. The van der Waals surface area contributed by atoms with E-state index in [-0.39, 0.29) is 18.6 Å². The second kappa shape index (κ2) is 7.38. The average molecular weight is 355 g/mol. The molecule has 0 bridgehead atoms. The first-order valence-electron chi connectivity index (χ1n) is 7.39. The van der Waals surface area contributed by atoms with Crippen LogP contribution in [0.1, 0.15) is 28.8 Å². The molecule has 4 nitrogen and oxygen atoms in total. The molecular weight excluding hydrogens is 332 g/mol. The number of hydrogen-bond acceptors (Lipinski definition) is 3. The van der Waals surface area contributed by atoms with Crippen LogP contribution in [0.5, 0.6) is 0 Å². The SMILES string of the molecule is Cc1ccc(C(=O)N(CCO)C2CCN(C)CC2)c(Br)c1. The van der Waals surface area contributed by atoms with Crippen molar-refractivity contribution in [1.29, 1.82) is 0 Å². The van der Waals surface area contributed by atoms with Crippen LogP contribution in [0.25, 0.3) is 0 Å². The fourth-order valence-electron chi connectivity index (χ4n) is 2.81. The van der Waals surface area contributed by atoms with Crippen molar-refractivity contribution >= 4 is 21.8 Å². The number of aryl methyl sites for hydroxylation is 1. The van der Waals surface area contributed by atoms with Crippen molar-refractivity contribution in [3.63, 3.8) is 0 Å². The summed E-state index contributed by atoms with van der Waals surface area (Å²) in [6.45, 7) is 4.39. The van der Waals surface area contributed by atoms with Gasteiger partial charge in [-0.1, -0.05) is 6.07 Å². The summed E-state index contributed by atoms with van der Waals surface area (Å²) >= 11 is 3.48. The highest BCUT2D eigenvalue weighted by molar-refractivity contribution is 9.10. The largest absolute Gasteiger partial charge is 0.395 e. The molecule has 1 aromatic rings. The summed E-state index contributed by atoms with van der Waals surface area (Å²) in [6, 6.07) is 5.98. The van der Waals surface area contributed by atoms with Gasteiger partial charge in [-0.3, -0.25) is 4.79 Å². The molecule has 0 atom stereocenters. The Labute approximate surface area is 134 Å². The number of piperidine rings is 1. The molecule has 0 saturated carbocycles. The second-order valence-electron chi connectivity index (χ2n) is 5.74. The Balaban J connectivity index is 2.18. The van der Waals surface area contributed by atoms with Gasteiger partial charge in [0.05, 0.1) is 12.2 Å². The Hall–Kier alpha value is -0.910. The van der Waals surface area contributed by atoms with E-state index in [0.29, 0.717) is 12.1 Å². The van der Waals surface area contributed by atoms with Gasteiger partial charge in [0.1, 0.15) is 0 Å². The molecule has 116 valence electrons. The number of carbonyl (C=O) groups excluding carboxylic acids is 1. The summed E-state index contributed by atoms with van der Waals surface area (Å²) in [5.74, 6) is 0.00507. The van der Waals surface area contributed by atoms with Crippen LogP contribution >= 0.6 is 15.9 Å². The minimum absolute atomic E-state index is 0.00155. The van der Waals surface area contributed by atoms with Gasteiger partial charge in [-0.15, -0.1) is 0 Å². The standard InChI is InChI=1S/C16H23BrN2O2/c1-12-3-4-14(15(17)11-12)16(21)19(9-10-20)13-5-7-18(2)8-6-13/h3-4,11,13,20H,5-10H2,1-2H3. The zero-order valence-electron chi connectivity index (χ0n) is 12.7.